The highest BCUT2D eigenvalue weighted by molar-refractivity contribution is 6.09. The molecule has 1 heterocycles. The molecule has 0 amide bonds. The standard InChI is InChI=1S/C15H16N4/c1-3-18-15-7-13-6-11(14(8-16)9-17-2)4-5-12(13)10-19-15/h3-10,16-17H,1H2,2H3,(H,18,19)/b14-9+,16-8?. The first-order valence-corrected chi connectivity index (χ1v) is 5.94. The summed E-state index contributed by atoms with van der Waals surface area (Å²) in [5.74, 6) is 0.758. The first-order chi connectivity index (χ1) is 9.28. The molecule has 2 aromatic rings. The van der Waals surface area contributed by atoms with Gasteiger partial charge in [0.25, 0.3) is 0 Å². The second-order valence-electron chi connectivity index (χ2n) is 4.01. The summed E-state index contributed by atoms with van der Waals surface area (Å²) in [6, 6.07) is 7.99. The number of rotatable bonds is 5. The summed E-state index contributed by atoms with van der Waals surface area (Å²) in [5.41, 5.74) is 1.83. The van der Waals surface area contributed by atoms with E-state index in [1.165, 1.54) is 6.21 Å². The summed E-state index contributed by atoms with van der Waals surface area (Å²) < 4.78 is 0. The van der Waals surface area contributed by atoms with Gasteiger partial charge in [-0.3, -0.25) is 0 Å². The minimum absolute atomic E-state index is 0.758. The van der Waals surface area contributed by atoms with E-state index in [0.717, 1.165) is 27.7 Å². The van der Waals surface area contributed by atoms with Gasteiger partial charge in [0, 0.05) is 36.6 Å². The Hall–Kier alpha value is -2.62. The van der Waals surface area contributed by atoms with Gasteiger partial charge in [0.05, 0.1) is 0 Å². The van der Waals surface area contributed by atoms with Crippen LogP contribution in [0, 0.1) is 5.41 Å². The van der Waals surface area contributed by atoms with Crippen molar-refractivity contribution < 1.29 is 0 Å². The van der Waals surface area contributed by atoms with Crippen LogP contribution in [0.25, 0.3) is 16.3 Å². The number of hydrogen-bond acceptors (Lipinski definition) is 4. The van der Waals surface area contributed by atoms with Crippen molar-refractivity contribution in [1.29, 1.82) is 5.41 Å². The van der Waals surface area contributed by atoms with Gasteiger partial charge in [-0.25, -0.2) is 4.98 Å². The summed E-state index contributed by atoms with van der Waals surface area (Å²) >= 11 is 0. The van der Waals surface area contributed by atoms with E-state index in [1.54, 1.807) is 12.4 Å². The number of benzene rings is 1. The normalized spacial score (nSPS) is 11.1. The molecule has 1 aromatic heterocycles. The predicted molar refractivity (Wildman–Crippen MR) is 81.4 cm³/mol. The lowest BCUT2D eigenvalue weighted by Crippen LogP contribution is -1.97. The maximum atomic E-state index is 7.45. The van der Waals surface area contributed by atoms with Crippen LogP contribution in [0.4, 0.5) is 5.82 Å². The van der Waals surface area contributed by atoms with Crippen molar-refractivity contribution in [2.24, 2.45) is 0 Å². The molecular weight excluding hydrogens is 236 g/mol. The van der Waals surface area contributed by atoms with Crippen molar-refractivity contribution in [3.63, 3.8) is 0 Å². The van der Waals surface area contributed by atoms with Crippen molar-refractivity contribution in [1.82, 2.24) is 10.3 Å². The third kappa shape index (κ3) is 2.80. The van der Waals surface area contributed by atoms with Gasteiger partial charge >= 0.3 is 0 Å². The molecule has 0 fully saturated rings. The Bertz CT molecular complexity index is 644. The molecule has 0 radical (unpaired) electrons. The molecule has 0 atom stereocenters. The third-order valence-electron chi connectivity index (χ3n) is 2.76. The summed E-state index contributed by atoms with van der Waals surface area (Å²) in [7, 11) is 1.82. The maximum Gasteiger partial charge on any atom is 0.130 e. The van der Waals surface area contributed by atoms with Gasteiger partial charge in [-0.15, -0.1) is 0 Å². The van der Waals surface area contributed by atoms with Crippen LogP contribution in [0.15, 0.2) is 49.4 Å². The lowest BCUT2D eigenvalue weighted by Gasteiger charge is -2.06. The summed E-state index contributed by atoms with van der Waals surface area (Å²) in [5, 5.41) is 15.5. The fourth-order valence-corrected chi connectivity index (χ4v) is 1.87. The van der Waals surface area contributed by atoms with Gasteiger partial charge in [-0.05, 0) is 29.3 Å². The Morgan fingerprint density at radius 1 is 1.32 bits per heavy atom. The Morgan fingerprint density at radius 2 is 2.16 bits per heavy atom. The molecule has 0 unspecified atom stereocenters. The minimum atomic E-state index is 0.758. The lowest BCUT2D eigenvalue weighted by molar-refractivity contribution is 1.11. The number of pyridine rings is 1. The van der Waals surface area contributed by atoms with Gasteiger partial charge in [0.15, 0.2) is 0 Å². The highest BCUT2D eigenvalue weighted by Crippen LogP contribution is 2.21. The smallest absolute Gasteiger partial charge is 0.130 e. The van der Waals surface area contributed by atoms with Crippen molar-refractivity contribution in [2.75, 3.05) is 12.4 Å². The number of anilines is 1. The van der Waals surface area contributed by atoms with Crippen LogP contribution in [-0.2, 0) is 0 Å². The van der Waals surface area contributed by atoms with Crippen LogP contribution in [0.3, 0.4) is 0 Å². The molecule has 0 saturated heterocycles. The first kappa shape index (κ1) is 12.8. The van der Waals surface area contributed by atoms with E-state index in [2.05, 4.69) is 22.2 Å². The Kier molecular flexibility index (Phi) is 3.93. The van der Waals surface area contributed by atoms with E-state index in [-0.39, 0.29) is 0 Å². The van der Waals surface area contributed by atoms with Crippen LogP contribution in [0.5, 0.6) is 0 Å². The molecule has 0 bridgehead atoms. The monoisotopic (exact) mass is 252 g/mol. The average Bonchev–Trinajstić information content (AvgIpc) is 2.44. The van der Waals surface area contributed by atoms with E-state index in [0.29, 0.717) is 0 Å². The van der Waals surface area contributed by atoms with Crippen LogP contribution in [0.1, 0.15) is 5.56 Å². The zero-order chi connectivity index (χ0) is 13.7. The zero-order valence-electron chi connectivity index (χ0n) is 10.8. The highest BCUT2D eigenvalue weighted by atomic mass is 15.0. The van der Waals surface area contributed by atoms with E-state index < -0.39 is 0 Å². The van der Waals surface area contributed by atoms with E-state index in [9.17, 15) is 0 Å². The summed E-state index contributed by atoms with van der Waals surface area (Å²) in [4.78, 5) is 4.27. The van der Waals surface area contributed by atoms with E-state index >= 15 is 0 Å². The molecule has 0 saturated carbocycles. The molecule has 0 aliphatic carbocycles. The van der Waals surface area contributed by atoms with Gasteiger partial charge in [0.2, 0.25) is 0 Å². The summed E-state index contributed by atoms with van der Waals surface area (Å²) in [6.07, 6.45) is 6.55. The third-order valence-corrected chi connectivity index (χ3v) is 2.76. The van der Waals surface area contributed by atoms with Gasteiger partial charge in [-0.1, -0.05) is 18.7 Å². The number of aromatic nitrogens is 1. The predicted octanol–water partition coefficient (Wildman–Crippen LogP) is 3.00. The second-order valence-corrected chi connectivity index (χ2v) is 4.01. The molecular formula is C15H16N4. The largest absolute Gasteiger partial charge is 0.393 e. The fourth-order valence-electron chi connectivity index (χ4n) is 1.87. The lowest BCUT2D eigenvalue weighted by atomic mass is 10.0. The number of nitrogens with zero attached hydrogens (tertiary/aromatic N) is 1. The van der Waals surface area contributed by atoms with Crippen molar-refractivity contribution in [3.05, 3.63) is 55.0 Å². The van der Waals surface area contributed by atoms with Crippen molar-refractivity contribution >= 4 is 28.4 Å². The van der Waals surface area contributed by atoms with Crippen LogP contribution >= 0.6 is 0 Å². The van der Waals surface area contributed by atoms with Gasteiger partial charge in [-0.2, -0.15) is 0 Å². The van der Waals surface area contributed by atoms with Gasteiger partial charge < -0.3 is 16.0 Å². The Morgan fingerprint density at radius 3 is 2.84 bits per heavy atom. The SMILES string of the molecule is C=CNc1cc2cc(/C(C=N)=C/NC)ccc2cn1. The number of hydrogen-bond donors (Lipinski definition) is 3. The topological polar surface area (TPSA) is 60.8 Å². The maximum absolute atomic E-state index is 7.45. The molecule has 4 nitrogen and oxygen atoms in total. The van der Waals surface area contributed by atoms with Gasteiger partial charge in [0.1, 0.15) is 5.82 Å². The minimum Gasteiger partial charge on any atom is -0.393 e. The number of allylic oxidation sites excluding steroid dienone is 1. The molecule has 19 heavy (non-hydrogen) atoms. The number of fused-ring (bicyclic) bond motifs is 1. The van der Waals surface area contributed by atoms with Crippen LogP contribution < -0.4 is 10.6 Å². The molecule has 3 N–H and O–H groups in total. The van der Waals surface area contributed by atoms with E-state index in [1.807, 2.05) is 37.5 Å². The number of nitrogens with one attached hydrogen (secondary N) is 3. The quantitative estimate of drug-likeness (QED) is 0.717. The zero-order valence-corrected chi connectivity index (χ0v) is 10.8. The van der Waals surface area contributed by atoms with Crippen LogP contribution in [-0.4, -0.2) is 18.2 Å². The highest BCUT2D eigenvalue weighted by Gasteiger charge is 2.02. The molecule has 96 valence electrons. The average molecular weight is 252 g/mol. The fraction of sp³-hybridized carbons (Fsp3) is 0.0667. The van der Waals surface area contributed by atoms with Crippen molar-refractivity contribution in [3.8, 4) is 0 Å². The molecule has 0 aliphatic heterocycles. The Balaban J connectivity index is 2.51. The molecule has 4 heteroatoms. The molecule has 0 aliphatic rings. The van der Waals surface area contributed by atoms with E-state index in [4.69, 9.17) is 5.41 Å². The Labute approximate surface area is 112 Å². The van der Waals surface area contributed by atoms with Crippen molar-refractivity contribution in [2.45, 2.75) is 0 Å². The van der Waals surface area contributed by atoms with Crippen LogP contribution in [0.2, 0.25) is 0 Å². The molecule has 0 spiro atoms. The summed E-state index contributed by atoms with van der Waals surface area (Å²) in [6.45, 7) is 3.62. The second kappa shape index (κ2) is 5.82. The molecule has 1 aromatic carbocycles. The molecule has 2 rings (SSSR count). The first-order valence-electron chi connectivity index (χ1n) is 5.94.